The lowest BCUT2D eigenvalue weighted by Gasteiger charge is -2.21. The van der Waals surface area contributed by atoms with Crippen LogP contribution >= 0.6 is 0 Å². The van der Waals surface area contributed by atoms with E-state index in [1.807, 2.05) is 6.07 Å². The van der Waals surface area contributed by atoms with Crippen molar-refractivity contribution in [3.8, 4) is 0 Å². The fourth-order valence-corrected chi connectivity index (χ4v) is 4.57. The standard InChI is InChI=1S/C20H22N2O5S/c1-14-5-6-16(12-19(14)22(24)25)20(23)21-17-4-2-3-15(11-17)13-28(26)18-7-9-27-10-8-18/h2-6,11-12,18H,7-10,13H2,1H3,(H,21,23). The van der Waals surface area contributed by atoms with Gasteiger partial charge in [0, 0.05) is 57.9 Å². The van der Waals surface area contributed by atoms with Crippen LogP contribution < -0.4 is 5.32 Å². The molecule has 3 rings (SSSR count). The summed E-state index contributed by atoms with van der Waals surface area (Å²) >= 11 is 0. The van der Waals surface area contributed by atoms with Crippen molar-refractivity contribution < 1.29 is 18.7 Å². The number of nitro groups is 1. The minimum atomic E-state index is -0.993. The molecule has 0 radical (unpaired) electrons. The Hall–Kier alpha value is -2.58. The lowest BCUT2D eigenvalue weighted by Crippen LogP contribution is -2.25. The summed E-state index contributed by atoms with van der Waals surface area (Å²) in [5.41, 5.74) is 2.06. The van der Waals surface area contributed by atoms with E-state index < -0.39 is 21.6 Å². The molecule has 1 atom stereocenters. The predicted octanol–water partition coefficient (Wildman–Crippen LogP) is 3.58. The number of aryl methyl sites for hydroxylation is 1. The van der Waals surface area contributed by atoms with Gasteiger partial charge in [0.2, 0.25) is 0 Å². The maximum Gasteiger partial charge on any atom is 0.273 e. The molecule has 0 aromatic heterocycles. The second-order valence-electron chi connectivity index (χ2n) is 6.75. The summed E-state index contributed by atoms with van der Waals surface area (Å²) in [6, 6.07) is 11.6. The third kappa shape index (κ3) is 5.02. The minimum Gasteiger partial charge on any atom is -0.381 e. The molecule has 1 heterocycles. The molecule has 1 fully saturated rings. The summed E-state index contributed by atoms with van der Waals surface area (Å²) in [6.45, 7) is 2.92. The molecule has 1 unspecified atom stereocenters. The van der Waals surface area contributed by atoms with E-state index in [1.165, 1.54) is 6.07 Å². The first-order valence-electron chi connectivity index (χ1n) is 9.04. The molecule has 0 spiro atoms. The zero-order valence-electron chi connectivity index (χ0n) is 15.6. The molecule has 8 heteroatoms. The summed E-state index contributed by atoms with van der Waals surface area (Å²) in [4.78, 5) is 23.0. The molecule has 0 bridgehead atoms. The summed E-state index contributed by atoms with van der Waals surface area (Å²) in [5.74, 6) is -0.00417. The number of nitro benzene ring substituents is 1. The topological polar surface area (TPSA) is 98.5 Å². The molecular formula is C20H22N2O5S. The Labute approximate surface area is 165 Å². The van der Waals surface area contributed by atoms with E-state index in [4.69, 9.17) is 4.74 Å². The first kappa shape index (κ1) is 20.2. The Morgan fingerprint density at radius 3 is 2.71 bits per heavy atom. The number of rotatable bonds is 6. The van der Waals surface area contributed by atoms with Crippen molar-refractivity contribution in [3.05, 3.63) is 69.3 Å². The Kier molecular flexibility index (Phi) is 6.53. The molecular weight excluding hydrogens is 380 g/mol. The first-order chi connectivity index (χ1) is 13.4. The van der Waals surface area contributed by atoms with E-state index in [9.17, 15) is 19.1 Å². The molecule has 1 saturated heterocycles. The third-order valence-corrected chi connectivity index (χ3v) is 6.53. The SMILES string of the molecule is Cc1ccc(C(=O)Nc2cccc(CS(=O)C3CCOCC3)c2)cc1[N+](=O)[O-]. The molecule has 28 heavy (non-hydrogen) atoms. The van der Waals surface area contributed by atoms with Crippen molar-refractivity contribution in [2.45, 2.75) is 30.8 Å². The number of carbonyl (C=O) groups excluding carboxylic acids is 1. The zero-order valence-corrected chi connectivity index (χ0v) is 16.4. The molecule has 1 N–H and O–H groups in total. The largest absolute Gasteiger partial charge is 0.381 e. The van der Waals surface area contributed by atoms with Crippen LogP contribution in [-0.4, -0.2) is 33.5 Å². The van der Waals surface area contributed by atoms with Gasteiger partial charge in [-0.1, -0.05) is 18.2 Å². The van der Waals surface area contributed by atoms with Gasteiger partial charge in [0.1, 0.15) is 0 Å². The fourth-order valence-electron chi connectivity index (χ4n) is 3.11. The van der Waals surface area contributed by atoms with Crippen molar-refractivity contribution in [2.24, 2.45) is 0 Å². The Morgan fingerprint density at radius 1 is 1.25 bits per heavy atom. The number of nitrogens with zero attached hydrogens (tertiary/aromatic N) is 1. The molecule has 7 nitrogen and oxygen atoms in total. The van der Waals surface area contributed by atoms with E-state index >= 15 is 0 Å². The van der Waals surface area contributed by atoms with Gasteiger partial charge in [-0.05, 0) is 43.5 Å². The van der Waals surface area contributed by atoms with Crippen molar-refractivity contribution in [2.75, 3.05) is 18.5 Å². The van der Waals surface area contributed by atoms with E-state index in [-0.39, 0.29) is 16.5 Å². The number of nitrogens with one attached hydrogen (secondary N) is 1. The highest BCUT2D eigenvalue weighted by molar-refractivity contribution is 7.84. The normalized spacial score (nSPS) is 15.8. The summed E-state index contributed by atoms with van der Waals surface area (Å²) in [7, 11) is -0.993. The van der Waals surface area contributed by atoms with E-state index in [2.05, 4.69) is 5.32 Å². The Bertz CT molecular complexity index is 909. The van der Waals surface area contributed by atoms with Gasteiger partial charge in [-0.25, -0.2) is 0 Å². The first-order valence-corrected chi connectivity index (χ1v) is 10.4. The van der Waals surface area contributed by atoms with Crippen LogP contribution in [0.2, 0.25) is 0 Å². The summed E-state index contributed by atoms with van der Waals surface area (Å²) in [5, 5.41) is 14.0. The number of benzene rings is 2. The van der Waals surface area contributed by atoms with Crippen LogP contribution in [0.3, 0.4) is 0 Å². The van der Waals surface area contributed by atoms with Crippen LogP contribution in [0.4, 0.5) is 11.4 Å². The predicted molar refractivity (Wildman–Crippen MR) is 108 cm³/mol. The highest BCUT2D eigenvalue weighted by Crippen LogP contribution is 2.22. The molecule has 1 aliphatic heterocycles. The fraction of sp³-hybridized carbons (Fsp3) is 0.350. The van der Waals surface area contributed by atoms with Gasteiger partial charge >= 0.3 is 0 Å². The second kappa shape index (κ2) is 9.07. The number of hydrogen-bond acceptors (Lipinski definition) is 5. The van der Waals surface area contributed by atoms with Crippen molar-refractivity contribution >= 4 is 28.1 Å². The second-order valence-corrected chi connectivity index (χ2v) is 8.47. The molecule has 0 saturated carbocycles. The van der Waals surface area contributed by atoms with Crippen LogP contribution in [0.1, 0.15) is 34.3 Å². The third-order valence-electron chi connectivity index (χ3n) is 4.70. The highest BCUT2D eigenvalue weighted by Gasteiger charge is 2.20. The van der Waals surface area contributed by atoms with Gasteiger partial charge in [-0.15, -0.1) is 0 Å². The minimum absolute atomic E-state index is 0.0896. The van der Waals surface area contributed by atoms with Gasteiger partial charge < -0.3 is 10.1 Å². The van der Waals surface area contributed by atoms with Crippen LogP contribution in [0, 0.1) is 17.0 Å². The lowest BCUT2D eigenvalue weighted by atomic mass is 10.1. The van der Waals surface area contributed by atoms with Crippen LogP contribution in [0.15, 0.2) is 42.5 Å². The van der Waals surface area contributed by atoms with E-state index in [1.54, 1.807) is 37.3 Å². The molecule has 148 valence electrons. The van der Waals surface area contributed by atoms with E-state index in [0.717, 1.165) is 18.4 Å². The van der Waals surface area contributed by atoms with Crippen molar-refractivity contribution in [1.82, 2.24) is 0 Å². The summed E-state index contributed by atoms with van der Waals surface area (Å²) < 4.78 is 17.9. The molecule has 2 aromatic rings. The maximum absolute atomic E-state index is 12.6. The molecule has 0 aliphatic carbocycles. The van der Waals surface area contributed by atoms with E-state index in [0.29, 0.717) is 30.2 Å². The van der Waals surface area contributed by atoms with Crippen molar-refractivity contribution in [3.63, 3.8) is 0 Å². The average Bonchev–Trinajstić information content (AvgIpc) is 2.69. The number of ether oxygens (including phenoxy) is 1. The van der Waals surface area contributed by atoms with Crippen LogP contribution in [0.25, 0.3) is 0 Å². The quantitative estimate of drug-likeness (QED) is 0.588. The van der Waals surface area contributed by atoms with Crippen LogP contribution in [-0.2, 0) is 21.3 Å². The van der Waals surface area contributed by atoms with Gasteiger partial charge in [-0.2, -0.15) is 0 Å². The van der Waals surface area contributed by atoms with Crippen molar-refractivity contribution in [1.29, 1.82) is 0 Å². The zero-order chi connectivity index (χ0) is 20.1. The number of carbonyl (C=O) groups is 1. The maximum atomic E-state index is 12.6. The van der Waals surface area contributed by atoms with Crippen LogP contribution in [0.5, 0.6) is 0 Å². The van der Waals surface area contributed by atoms with Gasteiger partial charge in [-0.3, -0.25) is 19.1 Å². The number of hydrogen-bond donors (Lipinski definition) is 1. The number of amides is 1. The number of anilines is 1. The summed E-state index contributed by atoms with van der Waals surface area (Å²) in [6.07, 6.45) is 1.60. The molecule has 1 amide bonds. The smallest absolute Gasteiger partial charge is 0.273 e. The monoisotopic (exact) mass is 402 g/mol. The van der Waals surface area contributed by atoms with Gasteiger partial charge in [0.05, 0.1) is 4.92 Å². The average molecular weight is 402 g/mol. The highest BCUT2D eigenvalue weighted by atomic mass is 32.2. The Morgan fingerprint density at radius 2 is 2.00 bits per heavy atom. The lowest BCUT2D eigenvalue weighted by molar-refractivity contribution is -0.385. The Balaban J connectivity index is 1.68. The molecule has 1 aliphatic rings. The van der Waals surface area contributed by atoms with Gasteiger partial charge in [0.15, 0.2) is 0 Å². The molecule has 2 aromatic carbocycles. The van der Waals surface area contributed by atoms with Gasteiger partial charge in [0.25, 0.3) is 11.6 Å².